The molecule has 0 amide bonds. The van der Waals surface area contributed by atoms with Crippen LogP contribution in [0.2, 0.25) is 0 Å². The molecule has 0 atom stereocenters. The Labute approximate surface area is 183 Å². The van der Waals surface area contributed by atoms with Gasteiger partial charge in [0.2, 0.25) is 0 Å². The van der Waals surface area contributed by atoms with Crippen LogP contribution >= 0.6 is 23.2 Å². The lowest BCUT2D eigenvalue weighted by molar-refractivity contribution is 0.292. The topological polar surface area (TPSA) is 18.5 Å². The molecule has 1 aromatic carbocycles. The van der Waals surface area contributed by atoms with E-state index in [2.05, 4.69) is 13.8 Å². The number of rotatable bonds is 18. The second-order valence-corrected chi connectivity index (χ2v) is 8.05. The highest BCUT2D eigenvalue weighted by Crippen LogP contribution is 2.33. The molecule has 0 unspecified atom stereocenters. The highest BCUT2D eigenvalue weighted by molar-refractivity contribution is 6.19. The van der Waals surface area contributed by atoms with Crippen molar-refractivity contribution in [3.05, 3.63) is 23.3 Å². The molecule has 0 saturated heterocycles. The summed E-state index contributed by atoms with van der Waals surface area (Å²) in [5.41, 5.74) is 1.95. The zero-order valence-corrected chi connectivity index (χ0v) is 19.6. The zero-order valence-electron chi connectivity index (χ0n) is 18.0. The molecule has 0 spiro atoms. The Morgan fingerprint density at radius 2 is 0.929 bits per heavy atom. The van der Waals surface area contributed by atoms with E-state index in [1.807, 2.05) is 12.1 Å². The second-order valence-electron chi connectivity index (χ2n) is 7.52. The lowest BCUT2D eigenvalue weighted by Crippen LogP contribution is -2.05. The highest BCUT2D eigenvalue weighted by atomic mass is 35.5. The monoisotopic (exact) mass is 430 g/mol. The van der Waals surface area contributed by atoms with Gasteiger partial charge in [0.25, 0.3) is 0 Å². The van der Waals surface area contributed by atoms with E-state index in [0.29, 0.717) is 11.8 Å². The summed E-state index contributed by atoms with van der Waals surface area (Å²) in [7, 11) is 0. The Morgan fingerprint density at radius 3 is 1.29 bits per heavy atom. The number of halogens is 2. The molecule has 0 aliphatic carbocycles. The van der Waals surface area contributed by atoms with Crippen molar-refractivity contribution in [2.75, 3.05) is 13.2 Å². The van der Waals surface area contributed by atoms with Gasteiger partial charge in [-0.05, 0) is 25.0 Å². The van der Waals surface area contributed by atoms with Crippen molar-refractivity contribution in [3.63, 3.8) is 0 Å². The average Bonchev–Trinajstić information content (AvgIpc) is 2.72. The van der Waals surface area contributed by atoms with Crippen LogP contribution < -0.4 is 9.47 Å². The maximum atomic E-state index is 6.22. The fourth-order valence-corrected chi connectivity index (χ4v) is 3.93. The van der Waals surface area contributed by atoms with Gasteiger partial charge in [-0.1, -0.05) is 78.1 Å². The summed E-state index contributed by atoms with van der Waals surface area (Å²) in [4.78, 5) is 0. The van der Waals surface area contributed by atoms with Gasteiger partial charge >= 0.3 is 0 Å². The smallest absolute Gasteiger partial charge is 0.124 e. The van der Waals surface area contributed by atoms with Crippen LogP contribution in [-0.4, -0.2) is 13.2 Å². The third-order valence-corrected chi connectivity index (χ3v) is 5.66. The fourth-order valence-electron chi connectivity index (χ4n) is 3.34. The minimum atomic E-state index is 0.391. The first-order chi connectivity index (χ1) is 13.8. The molecule has 0 saturated carbocycles. The predicted molar refractivity (Wildman–Crippen MR) is 123 cm³/mol. The lowest BCUT2D eigenvalue weighted by Gasteiger charge is -2.17. The third-order valence-electron chi connectivity index (χ3n) is 5.12. The molecule has 0 N–H and O–H groups in total. The molecule has 0 aliphatic heterocycles. The van der Waals surface area contributed by atoms with E-state index in [1.54, 1.807) is 0 Å². The van der Waals surface area contributed by atoms with Crippen LogP contribution in [0.1, 0.15) is 102 Å². The van der Waals surface area contributed by atoms with E-state index < -0.39 is 0 Å². The van der Waals surface area contributed by atoms with Gasteiger partial charge in [-0.15, -0.1) is 23.2 Å². The Balaban J connectivity index is 2.46. The number of ether oxygens (including phenoxy) is 2. The van der Waals surface area contributed by atoms with Crippen molar-refractivity contribution in [2.45, 2.75) is 103 Å². The zero-order chi connectivity index (χ0) is 20.5. The van der Waals surface area contributed by atoms with Gasteiger partial charge in [0.15, 0.2) is 0 Å². The molecule has 162 valence electrons. The quantitative estimate of drug-likeness (QED) is 0.171. The standard InChI is InChI=1S/C24H40Cl2O2/c1-3-5-7-9-11-13-17-27-23-15-16-24(22(20-26)21(23)19-25)28-18-14-12-10-8-6-4-2/h15-16H,3-14,17-20H2,1-2H3. The molecule has 4 heteroatoms. The lowest BCUT2D eigenvalue weighted by atomic mass is 10.1. The van der Waals surface area contributed by atoms with E-state index >= 15 is 0 Å². The summed E-state index contributed by atoms with van der Waals surface area (Å²) < 4.78 is 12.0. The number of hydrogen-bond donors (Lipinski definition) is 0. The first-order valence-electron chi connectivity index (χ1n) is 11.3. The maximum Gasteiger partial charge on any atom is 0.124 e. The van der Waals surface area contributed by atoms with Gasteiger partial charge in [0, 0.05) is 11.1 Å². The molecule has 2 nitrogen and oxygen atoms in total. The highest BCUT2D eigenvalue weighted by Gasteiger charge is 2.14. The maximum absolute atomic E-state index is 6.22. The minimum Gasteiger partial charge on any atom is -0.493 e. The number of benzene rings is 1. The molecular formula is C24H40Cl2O2. The van der Waals surface area contributed by atoms with Crippen molar-refractivity contribution in [1.29, 1.82) is 0 Å². The van der Waals surface area contributed by atoms with Crippen LogP contribution in [0, 0.1) is 0 Å². The summed E-state index contributed by atoms with van der Waals surface area (Å²) >= 11 is 12.4. The summed E-state index contributed by atoms with van der Waals surface area (Å²) in [5, 5.41) is 0. The molecule has 28 heavy (non-hydrogen) atoms. The van der Waals surface area contributed by atoms with Gasteiger partial charge in [-0.2, -0.15) is 0 Å². The van der Waals surface area contributed by atoms with Crippen LogP contribution in [0.4, 0.5) is 0 Å². The van der Waals surface area contributed by atoms with Gasteiger partial charge in [-0.3, -0.25) is 0 Å². The summed E-state index contributed by atoms with van der Waals surface area (Å²) in [6.07, 6.45) is 15.1. The van der Waals surface area contributed by atoms with Crippen LogP contribution in [0.3, 0.4) is 0 Å². The number of alkyl halides is 2. The first-order valence-corrected chi connectivity index (χ1v) is 12.4. The molecule has 0 fully saturated rings. The molecule has 1 aromatic rings. The first kappa shape index (κ1) is 25.4. The van der Waals surface area contributed by atoms with Crippen LogP contribution in [0.15, 0.2) is 12.1 Å². The Hall–Kier alpha value is -0.600. The molecule has 0 heterocycles. The van der Waals surface area contributed by atoms with Crippen LogP contribution in [0.5, 0.6) is 11.5 Å². The van der Waals surface area contributed by atoms with Crippen molar-refractivity contribution in [2.24, 2.45) is 0 Å². The molecule has 0 aromatic heterocycles. The molecule has 0 aliphatic rings. The summed E-state index contributed by atoms with van der Waals surface area (Å²) in [6.45, 7) is 5.95. The molecule has 0 bridgehead atoms. The van der Waals surface area contributed by atoms with E-state index in [9.17, 15) is 0 Å². The van der Waals surface area contributed by atoms with Crippen molar-refractivity contribution in [3.8, 4) is 11.5 Å². The second kappa shape index (κ2) is 17.3. The van der Waals surface area contributed by atoms with Gasteiger partial charge in [-0.25, -0.2) is 0 Å². The number of hydrogen-bond acceptors (Lipinski definition) is 2. The van der Waals surface area contributed by atoms with Crippen molar-refractivity contribution >= 4 is 23.2 Å². The van der Waals surface area contributed by atoms with Crippen LogP contribution in [-0.2, 0) is 11.8 Å². The van der Waals surface area contributed by atoms with Crippen LogP contribution in [0.25, 0.3) is 0 Å². The SMILES string of the molecule is CCCCCCCCOc1ccc(OCCCCCCCC)c(CCl)c1CCl. The number of unbranched alkanes of at least 4 members (excludes halogenated alkanes) is 10. The third kappa shape index (κ3) is 10.3. The van der Waals surface area contributed by atoms with E-state index in [4.69, 9.17) is 32.7 Å². The molecular weight excluding hydrogens is 391 g/mol. The Morgan fingerprint density at radius 1 is 0.571 bits per heavy atom. The largest absolute Gasteiger partial charge is 0.493 e. The van der Waals surface area contributed by atoms with E-state index in [0.717, 1.165) is 48.7 Å². The van der Waals surface area contributed by atoms with Gasteiger partial charge in [0.05, 0.1) is 25.0 Å². The predicted octanol–water partition coefficient (Wildman–Crippen LogP) is 8.64. The van der Waals surface area contributed by atoms with E-state index in [-0.39, 0.29) is 0 Å². The van der Waals surface area contributed by atoms with Crippen molar-refractivity contribution < 1.29 is 9.47 Å². The Bertz CT molecular complexity index is 461. The Kier molecular flexibility index (Phi) is 15.7. The van der Waals surface area contributed by atoms with E-state index in [1.165, 1.54) is 64.2 Å². The fraction of sp³-hybridized carbons (Fsp3) is 0.750. The van der Waals surface area contributed by atoms with Gasteiger partial charge < -0.3 is 9.47 Å². The molecule has 1 rings (SSSR count). The van der Waals surface area contributed by atoms with Gasteiger partial charge in [0.1, 0.15) is 11.5 Å². The summed E-state index contributed by atoms with van der Waals surface area (Å²) in [6, 6.07) is 3.98. The normalized spacial score (nSPS) is 11.0. The average molecular weight is 431 g/mol. The summed E-state index contributed by atoms with van der Waals surface area (Å²) in [5.74, 6) is 2.49. The van der Waals surface area contributed by atoms with Crippen molar-refractivity contribution in [1.82, 2.24) is 0 Å². The molecule has 0 radical (unpaired) electrons. The minimum absolute atomic E-state index is 0.391.